The SMILES string of the molecule is Cl.O=C(c1cc2n(n1)CCNC2)N(Cc1ccccn1)Cc1ccco1. The molecule has 0 bridgehead atoms. The number of rotatable bonds is 5. The van der Waals surface area contributed by atoms with E-state index >= 15 is 0 Å². The van der Waals surface area contributed by atoms with E-state index in [0.717, 1.165) is 36.8 Å². The minimum atomic E-state index is -0.121. The first kappa shape index (κ1) is 18.2. The first-order valence-corrected chi connectivity index (χ1v) is 8.28. The number of carbonyl (C=O) groups excluding carboxylic acids is 1. The lowest BCUT2D eigenvalue weighted by molar-refractivity contribution is 0.0708. The Balaban J connectivity index is 0.00000196. The van der Waals surface area contributed by atoms with Crippen LogP contribution < -0.4 is 5.32 Å². The van der Waals surface area contributed by atoms with Gasteiger partial charge in [0, 0.05) is 19.3 Å². The Bertz CT molecular complexity index is 824. The van der Waals surface area contributed by atoms with Crippen LogP contribution in [0.3, 0.4) is 0 Å². The molecular weight excluding hydrogens is 354 g/mol. The zero-order valence-corrected chi connectivity index (χ0v) is 15.0. The predicted molar refractivity (Wildman–Crippen MR) is 97.7 cm³/mol. The van der Waals surface area contributed by atoms with Crippen LogP contribution in [-0.4, -0.2) is 32.1 Å². The molecule has 0 fully saturated rings. The molecule has 7 nitrogen and oxygen atoms in total. The second-order valence-electron chi connectivity index (χ2n) is 5.98. The van der Waals surface area contributed by atoms with E-state index in [-0.39, 0.29) is 18.3 Å². The molecular formula is C18H20ClN5O2. The lowest BCUT2D eigenvalue weighted by Crippen LogP contribution is -2.31. The van der Waals surface area contributed by atoms with Crippen molar-refractivity contribution in [3.8, 4) is 0 Å². The summed E-state index contributed by atoms with van der Waals surface area (Å²) in [5.74, 6) is 0.610. The summed E-state index contributed by atoms with van der Waals surface area (Å²) in [6, 6.07) is 11.2. The highest BCUT2D eigenvalue weighted by Gasteiger charge is 2.23. The van der Waals surface area contributed by atoms with E-state index in [2.05, 4.69) is 15.4 Å². The van der Waals surface area contributed by atoms with Crippen LogP contribution in [0, 0.1) is 0 Å². The topological polar surface area (TPSA) is 76.2 Å². The molecule has 3 aromatic rings. The summed E-state index contributed by atoms with van der Waals surface area (Å²) in [7, 11) is 0. The third kappa shape index (κ3) is 3.95. The maximum absolute atomic E-state index is 13.1. The molecule has 3 aromatic heterocycles. The maximum Gasteiger partial charge on any atom is 0.275 e. The van der Waals surface area contributed by atoms with Gasteiger partial charge in [0.1, 0.15) is 5.76 Å². The molecule has 26 heavy (non-hydrogen) atoms. The van der Waals surface area contributed by atoms with Crippen molar-refractivity contribution in [3.05, 3.63) is 71.7 Å². The van der Waals surface area contributed by atoms with Crippen LogP contribution >= 0.6 is 12.4 Å². The number of fused-ring (bicyclic) bond motifs is 1. The van der Waals surface area contributed by atoms with Crippen molar-refractivity contribution in [2.45, 2.75) is 26.2 Å². The van der Waals surface area contributed by atoms with Gasteiger partial charge in [0.25, 0.3) is 5.91 Å². The van der Waals surface area contributed by atoms with Crippen molar-refractivity contribution in [1.82, 2.24) is 25.0 Å². The normalized spacial score (nSPS) is 12.9. The van der Waals surface area contributed by atoms with Crippen LogP contribution in [0.2, 0.25) is 0 Å². The largest absolute Gasteiger partial charge is 0.467 e. The molecule has 0 radical (unpaired) electrons. The number of nitrogens with one attached hydrogen (secondary N) is 1. The van der Waals surface area contributed by atoms with Gasteiger partial charge in [0.2, 0.25) is 0 Å². The molecule has 0 aromatic carbocycles. The number of nitrogens with zero attached hydrogens (tertiary/aromatic N) is 4. The van der Waals surface area contributed by atoms with Gasteiger partial charge in [-0.1, -0.05) is 6.07 Å². The molecule has 1 aliphatic heterocycles. The van der Waals surface area contributed by atoms with E-state index in [4.69, 9.17) is 4.42 Å². The minimum Gasteiger partial charge on any atom is -0.467 e. The Morgan fingerprint density at radius 3 is 2.92 bits per heavy atom. The first-order valence-electron chi connectivity index (χ1n) is 8.28. The molecule has 0 atom stereocenters. The molecule has 0 saturated heterocycles. The molecule has 0 saturated carbocycles. The van der Waals surface area contributed by atoms with Gasteiger partial charge in [0.15, 0.2) is 5.69 Å². The zero-order chi connectivity index (χ0) is 17.1. The Kier molecular flexibility index (Phi) is 5.70. The van der Waals surface area contributed by atoms with Gasteiger partial charge < -0.3 is 14.6 Å². The highest BCUT2D eigenvalue weighted by Crippen LogP contribution is 2.15. The fraction of sp³-hybridized carbons (Fsp3) is 0.278. The number of aromatic nitrogens is 3. The van der Waals surface area contributed by atoms with Crippen molar-refractivity contribution >= 4 is 18.3 Å². The van der Waals surface area contributed by atoms with E-state index in [0.29, 0.717) is 18.8 Å². The molecule has 1 N–H and O–H groups in total. The van der Waals surface area contributed by atoms with Gasteiger partial charge in [-0.15, -0.1) is 12.4 Å². The number of furan rings is 1. The van der Waals surface area contributed by atoms with E-state index in [1.807, 2.05) is 41.1 Å². The molecule has 136 valence electrons. The monoisotopic (exact) mass is 373 g/mol. The number of halogens is 1. The van der Waals surface area contributed by atoms with E-state index in [1.165, 1.54) is 0 Å². The van der Waals surface area contributed by atoms with Crippen LogP contribution in [0.1, 0.15) is 27.6 Å². The molecule has 4 heterocycles. The quantitative estimate of drug-likeness (QED) is 0.742. The minimum absolute atomic E-state index is 0. The summed E-state index contributed by atoms with van der Waals surface area (Å²) in [4.78, 5) is 19.1. The highest BCUT2D eigenvalue weighted by atomic mass is 35.5. The lowest BCUT2D eigenvalue weighted by atomic mass is 10.2. The van der Waals surface area contributed by atoms with E-state index < -0.39 is 0 Å². The first-order chi connectivity index (χ1) is 12.3. The van der Waals surface area contributed by atoms with Crippen LogP contribution in [0.25, 0.3) is 0 Å². The summed E-state index contributed by atoms with van der Waals surface area (Å²) in [6.45, 7) is 3.16. The molecule has 0 unspecified atom stereocenters. The maximum atomic E-state index is 13.1. The highest BCUT2D eigenvalue weighted by molar-refractivity contribution is 5.92. The summed E-state index contributed by atoms with van der Waals surface area (Å²) in [5, 5.41) is 7.76. The number of amides is 1. The zero-order valence-electron chi connectivity index (χ0n) is 14.2. The van der Waals surface area contributed by atoms with E-state index in [1.54, 1.807) is 17.4 Å². The summed E-state index contributed by atoms with van der Waals surface area (Å²) < 4.78 is 7.32. The van der Waals surface area contributed by atoms with Gasteiger partial charge in [0.05, 0.1) is 37.3 Å². The van der Waals surface area contributed by atoms with Gasteiger partial charge in [-0.25, -0.2) is 0 Å². The second kappa shape index (κ2) is 8.16. The smallest absolute Gasteiger partial charge is 0.275 e. The van der Waals surface area contributed by atoms with E-state index in [9.17, 15) is 4.79 Å². The summed E-state index contributed by atoms with van der Waals surface area (Å²) in [5.41, 5.74) is 2.32. The van der Waals surface area contributed by atoms with Crippen LogP contribution in [0.15, 0.2) is 53.3 Å². The Morgan fingerprint density at radius 1 is 1.27 bits per heavy atom. The Hall–Kier alpha value is -2.64. The average molecular weight is 374 g/mol. The van der Waals surface area contributed by atoms with Crippen LogP contribution in [-0.2, 0) is 26.2 Å². The molecule has 0 spiro atoms. The Morgan fingerprint density at radius 2 is 2.19 bits per heavy atom. The summed E-state index contributed by atoms with van der Waals surface area (Å²) >= 11 is 0. The average Bonchev–Trinajstić information content (AvgIpc) is 3.30. The van der Waals surface area contributed by atoms with Gasteiger partial charge in [-0.3, -0.25) is 14.5 Å². The molecule has 4 rings (SSSR count). The third-order valence-corrected chi connectivity index (χ3v) is 4.18. The van der Waals surface area contributed by atoms with Crippen LogP contribution in [0.5, 0.6) is 0 Å². The molecule has 1 aliphatic rings. The fourth-order valence-electron chi connectivity index (χ4n) is 2.94. The number of pyridine rings is 1. The van der Waals surface area contributed by atoms with Crippen molar-refractivity contribution in [2.24, 2.45) is 0 Å². The van der Waals surface area contributed by atoms with Crippen molar-refractivity contribution in [1.29, 1.82) is 0 Å². The van der Waals surface area contributed by atoms with Gasteiger partial charge in [-0.2, -0.15) is 5.10 Å². The van der Waals surface area contributed by atoms with Gasteiger partial charge >= 0.3 is 0 Å². The fourth-order valence-corrected chi connectivity index (χ4v) is 2.94. The van der Waals surface area contributed by atoms with Gasteiger partial charge in [-0.05, 0) is 30.3 Å². The predicted octanol–water partition coefficient (Wildman–Crippen LogP) is 2.24. The van der Waals surface area contributed by atoms with Crippen molar-refractivity contribution < 1.29 is 9.21 Å². The molecule has 0 aliphatic carbocycles. The molecule has 1 amide bonds. The third-order valence-electron chi connectivity index (χ3n) is 4.18. The molecule has 8 heteroatoms. The van der Waals surface area contributed by atoms with Crippen LogP contribution in [0.4, 0.5) is 0 Å². The van der Waals surface area contributed by atoms with Crippen molar-refractivity contribution in [2.75, 3.05) is 6.54 Å². The lowest BCUT2D eigenvalue weighted by Gasteiger charge is -2.20. The second-order valence-corrected chi connectivity index (χ2v) is 5.98. The standard InChI is InChI=1S/C18H19N5O2.ClH/c24-18(17-10-15-11-19-7-8-23(15)21-17)22(13-16-5-3-9-25-16)12-14-4-1-2-6-20-14;/h1-6,9-10,19H,7-8,11-13H2;1H. The number of hydrogen-bond donors (Lipinski definition) is 1. The Labute approximate surface area is 157 Å². The van der Waals surface area contributed by atoms with Crippen molar-refractivity contribution in [3.63, 3.8) is 0 Å². The summed E-state index contributed by atoms with van der Waals surface area (Å²) in [6.07, 6.45) is 3.34. The number of carbonyl (C=O) groups is 1. The number of hydrogen-bond acceptors (Lipinski definition) is 5.